The van der Waals surface area contributed by atoms with Crippen molar-refractivity contribution in [2.75, 3.05) is 18.5 Å². The van der Waals surface area contributed by atoms with E-state index in [1.165, 1.54) is 24.3 Å². The molecule has 2 rings (SSSR count). The number of anilines is 1. The van der Waals surface area contributed by atoms with Crippen LogP contribution in [0.3, 0.4) is 0 Å². The Morgan fingerprint density at radius 2 is 2.14 bits per heavy atom. The van der Waals surface area contributed by atoms with E-state index in [1.54, 1.807) is 20.8 Å². The predicted octanol–water partition coefficient (Wildman–Crippen LogP) is 4.11. The molecule has 0 bridgehead atoms. The molecular formula is C20H23FN2O5S. The van der Waals surface area contributed by atoms with Gasteiger partial charge < -0.3 is 19.9 Å². The summed E-state index contributed by atoms with van der Waals surface area (Å²) in [5.41, 5.74) is -0.881. The molecule has 0 atom stereocenters. The number of nitrogens with zero attached hydrogens (tertiary/aromatic N) is 1. The molecule has 0 aliphatic carbocycles. The van der Waals surface area contributed by atoms with Crippen LogP contribution in [0.1, 0.15) is 27.2 Å². The van der Waals surface area contributed by atoms with Gasteiger partial charge in [0.05, 0.1) is 5.69 Å². The SMILES string of the molecule is C=CCOc1c(F)cccc1NC(=S)C1=C(O)CCN(C(=O)OC(C)(C)C)C1=O. The van der Waals surface area contributed by atoms with Crippen LogP contribution in [-0.4, -0.2) is 45.7 Å². The maximum absolute atomic E-state index is 14.1. The molecular weight excluding hydrogens is 399 g/mol. The van der Waals surface area contributed by atoms with Crippen LogP contribution in [0, 0.1) is 5.82 Å². The highest BCUT2D eigenvalue weighted by molar-refractivity contribution is 7.81. The molecule has 0 saturated heterocycles. The third-order valence-corrected chi connectivity index (χ3v) is 4.03. The Hall–Kier alpha value is -2.94. The van der Waals surface area contributed by atoms with Gasteiger partial charge in [0.15, 0.2) is 11.6 Å². The molecule has 1 aliphatic rings. The zero-order valence-corrected chi connectivity index (χ0v) is 17.3. The summed E-state index contributed by atoms with van der Waals surface area (Å²) in [6, 6.07) is 4.15. The number of imide groups is 1. The van der Waals surface area contributed by atoms with Crippen LogP contribution in [0.4, 0.5) is 14.9 Å². The van der Waals surface area contributed by atoms with E-state index in [0.29, 0.717) is 0 Å². The zero-order chi connectivity index (χ0) is 21.8. The molecule has 0 unspecified atom stereocenters. The predicted molar refractivity (Wildman–Crippen MR) is 111 cm³/mol. The molecule has 0 aromatic heterocycles. The van der Waals surface area contributed by atoms with Crippen LogP contribution >= 0.6 is 12.2 Å². The molecule has 9 heteroatoms. The largest absolute Gasteiger partial charge is 0.511 e. The van der Waals surface area contributed by atoms with Gasteiger partial charge in [0.2, 0.25) is 0 Å². The number of amides is 2. The Balaban J connectivity index is 2.26. The Kier molecular flexibility index (Phi) is 6.97. The normalized spacial score (nSPS) is 14.5. The number of aliphatic hydroxyl groups excluding tert-OH is 1. The van der Waals surface area contributed by atoms with Crippen LogP contribution < -0.4 is 10.1 Å². The number of ether oxygens (including phenoxy) is 2. The average Bonchev–Trinajstić information content (AvgIpc) is 2.59. The first-order valence-corrected chi connectivity index (χ1v) is 9.26. The number of nitrogens with one attached hydrogen (secondary N) is 1. The van der Waals surface area contributed by atoms with Crippen LogP contribution in [0.5, 0.6) is 5.75 Å². The fourth-order valence-corrected chi connectivity index (χ4v) is 2.82. The average molecular weight is 422 g/mol. The monoisotopic (exact) mass is 422 g/mol. The van der Waals surface area contributed by atoms with E-state index in [9.17, 15) is 19.1 Å². The first-order valence-electron chi connectivity index (χ1n) is 8.85. The highest BCUT2D eigenvalue weighted by Gasteiger charge is 2.36. The van der Waals surface area contributed by atoms with Gasteiger partial charge in [-0.2, -0.15) is 0 Å². The third kappa shape index (κ3) is 5.54. The Morgan fingerprint density at radius 1 is 1.45 bits per heavy atom. The molecule has 2 amide bonds. The van der Waals surface area contributed by atoms with E-state index in [4.69, 9.17) is 21.7 Å². The first-order chi connectivity index (χ1) is 13.5. The lowest BCUT2D eigenvalue weighted by Gasteiger charge is -2.30. The lowest BCUT2D eigenvalue weighted by atomic mass is 10.1. The van der Waals surface area contributed by atoms with Crippen molar-refractivity contribution in [1.29, 1.82) is 0 Å². The van der Waals surface area contributed by atoms with Crippen molar-refractivity contribution in [2.45, 2.75) is 32.8 Å². The molecule has 156 valence electrons. The zero-order valence-electron chi connectivity index (χ0n) is 16.5. The van der Waals surface area contributed by atoms with Gasteiger partial charge >= 0.3 is 6.09 Å². The fraction of sp³-hybridized carbons (Fsp3) is 0.350. The van der Waals surface area contributed by atoms with Crippen LogP contribution in [0.2, 0.25) is 0 Å². The summed E-state index contributed by atoms with van der Waals surface area (Å²) < 4.78 is 24.6. The standard InChI is InChI=1S/C20H23FN2O5S/c1-5-11-27-16-12(21)7-6-8-13(16)22-17(29)15-14(24)9-10-23(18(15)25)19(26)28-20(2,3)4/h5-8,24H,1,9-11H2,2-4H3,(H,22,29). The van der Waals surface area contributed by atoms with Crippen molar-refractivity contribution in [2.24, 2.45) is 0 Å². The molecule has 0 spiro atoms. The minimum Gasteiger partial charge on any atom is -0.511 e. The summed E-state index contributed by atoms with van der Waals surface area (Å²) in [7, 11) is 0. The molecule has 1 aromatic carbocycles. The highest BCUT2D eigenvalue weighted by atomic mass is 32.1. The number of carbonyl (C=O) groups excluding carboxylic acids is 2. The van der Waals surface area contributed by atoms with Gasteiger partial charge in [0.25, 0.3) is 5.91 Å². The second-order valence-electron chi connectivity index (χ2n) is 7.18. The summed E-state index contributed by atoms with van der Waals surface area (Å²) in [5, 5.41) is 12.9. The van der Waals surface area contributed by atoms with Crippen LogP contribution in [0.15, 0.2) is 42.2 Å². The minimum atomic E-state index is -0.837. The summed E-state index contributed by atoms with van der Waals surface area (Å²) in [5.74, 6) is -1.81. The van der Waals surface area contributed by atoms with Crippen molar-refractivity contribution < 1.29 is 28.6 Å². The first kappa shape index (κ1) is 22.4. The van der Waals surface area contributed by atoms with Gasteiger partial charge in [-0.25, -0.2) is 14.1 Å². The van der Waals surface area contributed by atoms with E-state index >= 15 is 0 Å². The molecule has 29 heavy (non-hydrogen) atoms. The van der Waals surface area contributed by atoms with Crippen molar-refractivity contribution >= 4 is 34.9 Å². The maximum Gasteiger partial charge on any atom is 0.417 e. The Morgan fingerprint density at radius 3 is 2.76 bits per heavy atom. The quantitative estimate of drug-likeness (QED) is 0.545. The molecule has 2 N–H and O–H groups in total. The van der Waals surface area contributed by atoms with Crippen LogP contribution in [-0.2, 0) is 9.53 Å². The van der Waals surface area contributed by atoms with Gasteiger partial charge in [0.1, 0.15) is 28.5 Å². The Labute approximate surface area is 173 Å². The van der Waals surface area contributed by atoms with E-state index in [0.717, 1.165) is 4.90 Å². The van der Waals surface area contributed by atoms with Gasteiger partial charge in [-0.3, -0.25) is 4.79 Å². The van der Waals surface area contributed by atoms with E-state index in [1.807, 2.05) is 0 Å². The van der Waals surface area contributed by atoms with Crippen LogP contribution in [0.25, 0.3) is 0 Å². The smallest absolute Gasteiger partial charge is 0.417 e. The topological polar surface area (TPSA) is 88.1 Å². The van der Waals surface area contributed by atoms with Crippen molar-refractivity contribution in [3.8, 4) is 5.75 Å². The van der Waals surface area contributed by atoms with Gasteiger partial charge in [-0.15, -0.1) is 0 Å². The van der Waals surface area contributed by atoms with Crippen molar-refractivity contribution in [3.05, 3.63) is 48.0 Å². The molecule has 1 aromatic rings. The summed E-state index contributed by atoms with van der Waals surface area (Å²) >= 11 is 5.25. The summed E-state index contributed by atoms with van der Waals surface area (Å²) in [6.45, 7) is 8.55. The number of thiocarbonyl (C=S) groups is 1. The second-order valence-corrected chi connectivity index (χ2v) is 7.59. The Bertz CT molecular complexity index is 876. The van der Waals surface area contributed by atoms with Crippen molar-refractivity contribution in [3.63, 3.8) is 0 Å². The summed E-state index contributed by atoms with van der Waals surface area (Å²) in [4.78, 5) is 25.8. The second kappa shape index (κ2) is 9.04. The van der Waals surface area contributed by atoms with E-state index in [-0.39, 0.29) is 47.3 Å². The maximum atomic E-state index is 14.1. The van der Waals surface area contributed by atoms with E-state index in [2.05, 4.69) is 11.9 Å². The number of carbonyl (C=O) groups is 2. The van der Waals surface area contributed by atoms with Gasteiger partial charge in [-0.05, 0) is 32.9 Å². The van der Waals surface area contributed by atoms with Gasteiger partial charge in [-0.1, -0.05) is 30.9 Å². The van der Waals surface area contributed by atoms with E-state index < -0.39 is 23.4 Å². The number of hydrogen-bond acceptors (Lipinski definition) is 6. The molecule has 7 nitrogen and oxygen atoms in total. The number of hydrogen-bond donors (Lipinski definition) is 2. The number of aliphatic hydroxyl groups is 1. The molecule has 0 saturated carbocycles. The fourth-order valence-electron chi connectivity index (χ4n) is 2.50. The van der Waals surface area contributed by atoms with Gasteiger partial charge in [0, 0.05) is 13.0 Å². The molecule has 1 heterocycles. The minimum absolute atomic E-state index is 0.0190. The molecule has 1 aliphatic heterocycles. The lowest BCUT2D eigenvalue weighted by molar-refractivity contribution is -0.126. The van der Waals surface area contributed by atoms with Crippen molar-refractivity contribution in [1.82, 2.24) is 4.90 Å². The third-order valence-electron chi connectivity index (χ3n) is 3.72. The summed E-state index contributed by atoms with van der Waals surface area (Å²) in [6.07, 6.45) is 0.633. The molecule has 0 fully saturated rings. The lowest BCUT2D eigenvalue weighted by Crippen LogP contribution is -2.46. The number of para-hydroxylation sites is 1. The molecule has 0 radical (unpaired) electrons. The number of rotatable bonds is 5. The highest BCUT2D eigenvalue weighted by Crippen LogP contribution is 2.30. The number of benzene rings is 1. The number of halogens is 1.